The van der Waals surface area contributed by atoms with Crippen molar-refractivity contribution >= 4 is 19.8 Å². The van der Waals surface area contributed by atoms with Gasteiger partial charge in [0.2, 0.25) is 0 Å². The summed E-state index contributed by atoms with van der Waals surface area (Å²) < 4.78 is 0. The van der Waals surface area contributed by atoms with Crippen molar-refractivity contribution in [2.45, 2.75) is 58.9 Å². The Morgan fingerprint density at radius 2 is 1.38 bits per heavy atom. The molecule has 0 aliphatic heterocycles. The predicted octanol–water partition coefficient (Wildman–Crippen LogP) is -2.23. The molecule has 4 radical (unpaired) electrons. The first-order chi connectivity index (χ1) is 8.00. The van der Waals surface area contributed by atoms with Crippen molar-refractivity contribution in [3.8, 4) is 0 Å². The third-order valence-corrected chi connectivity index (χ3v) is 3.09. The third kappa shape index (κ3) is 8.56. The summed E-state index contributed by atoms with van der Waals surface area (Å²) >= 11 is 0. The normalized spacial score (nSPS) is 11.3. The van der Waals surface area contributed by atoms with E-state index in [1.807, 2.05) is 0 Å². The quantitative estimate of drug-likeness (QED) is 0.520. The Morgan fingerprint density at radius 3 is 1.71 bits per heavy atom. The van der Waals surface area contributed by atoms with Crippen LogP contribution in [0.3, 0.4) is 0 Å². The van der Waals surface area contributed by atoms with Gasteiger partial charge in [0.15, 0.2) is 0 Å². The summed E-state index contributed by atoms with van der Waals surface area (Å²) in [6.45, 7) is 14.5. The maximum atomic E-state index is 3.59. The molecule has 0 bridgehead atoms. The fraction of sp³-hybridized carbons (Fsp3) is 0.647. The molecule has 1 aromatic rings. The van der Waals surface area contributed by atoms with Gasteiger partial charge >= 0.3 is 0 Å². The van der Waals surface area contributed by atoms with Crippen molar-refractivity contribution in [1.29, 1.82) is 0 Å². The minimum absolute atomic E-state index is 0. The first kappa shape index (κ1) is 26.3. The maximum absolute atomic E-state index is 3.59. The number of halogens is 2. The topological polar surface area (TPSA) is 3.24 Å². The zero-order chi connectivity index (χ0) is 14.1. The number of hydrogen-bond donors (Lipinski definition) is 0. The van der Waals surface area contributed by atoms with Crippen LogP contribution in [0.25, 0.3) is 0 Å². The molecule has 0 N–H and O–H groups in total. The van der Waals surface area contributed by atoms with Gasteiger partial charge in [-0.2, -0.15) is 0 Å². The molecular weight excluding hydrogens is 359 g/mol. The van der Waals surface area contributed by atoms with Crippen LogP contribution in [0.1, 0.15) is 58.2 Å². The molecule has 0 saturated heterocycles. The molecule has 0 aliphatic carbocycles. The summed E-state index contributed by atoms with van der Waals surface area (Å²) in [6.07, 6.45) is 0. The number of hydrogen-bond acceptors (Lipinski definition) is 1. The van der Waals surface area contributed by atoms with Crippen molar-refractivity contribution in [2.75, 3.05) is 14.1 Å². The minimum Gasteiger partial charge on any atom is -1.00 e. The Kier molecular flexibility index (Phi) is 11.9. The van der Waals surface area contributed by atoms with Crippen LogP contribution in [0.2, 0.25) is 0 Å². The molecule has 4 heteroatoms. The smallest absolute Gasteiger partial charge is 0.0234 e. The molecule has 1 aromatic carbocycles. The van der Waals surface area contributed by atoms with Crippen LogP contribution in [0.15, 0.2) is 12.1 Å². The van der Waals surface area contributed by atoms with Gasteiger partial charge in [0, 0.05) is 26.3 Å². The van der Waals surface area contributed by atoms with Gasteiger partial charge in [-0.1, -0.05) is 53.7 Å². The Hall–Kier alpha value is 0.396. The van der Waals surface area contributed by atoms with Crippen LogP contribution < -0.4 is 24.8 Å². The second-order valence-electron chi connectivity index (χ2n) is 7.55. The fourth-order valence-electron chi connectivity index (χ4n) is 1.89. The predicted molar refractivity (Wildman–Crippen MR) is 85.8 cm³/mol. The second kappa shape index (κ2) is 9.52. The van der Waals surface area contributed by atoms with Crippen LogP contribution in [0, 0.1) is 6.07 Å². The molecule has 0 aromatic heterocycles. The van der Waals surface area contributed by atoms with Crippen molar-refractivity contribution < 1.29 is 24.8 Å². The van der Waals surface area contributed by atoms with Crippen LogP contribution in [0.4, 0.5) is 0 Å². The summed E-state index contributed by atoms with van der Waals surface area (Å²) in [6, 6.07) is 8.21. The van der Waals surface area contributed by atoms with E-state index in [0.717, 1.165) is 6.54 Å². The zero-order valence-corrected chi connectivity index (χ0v) is 18.6. The Morgan fingerprint density at radius 1 is 0.905 bits per heavy atom. The van der Waals surface area contributed by atoms with Gasteiger partial charge in [-0.05, 0) is 47.7 Å². The fourth-order valence-corrected chi connectivity index (χ4v) is 1.89. The van der Waals surface area contributed by atoms with Gasteiger partial charge < -0.3 is 29.7 Å². The molecule has 0 amide bonds. The van der Waals surface area contributed by atoms with Crippen LogP contribution in [-0.2, 0) is 17.4 Å². The largest absolute Gasteiger partial charge is 1.00 e. The van der Waals surface area contributed by atoms with E-state index in [1.165, 1.54) is 16.7 Å². The van der Waals surface area contributed by atoms with Crippen molar-refractivity contribution in [3.63, 3.8) is 0 Å². The number of benzene rings is 1. The molecule has 0 atom stereocenters. The number of nitrogens with zero attached hydrogens (tertiary/aromatic N) is 1. The molecule has 1 nitrogen and oxygen atoms in total. The van der Waals surface area contributed by atoms with Gasteiger partial charge in [-0.3, -0.25) is 0 Å². The van der Waals surface area contributed by atoms with Crippen molar-refractivity contribution in [1.82, 2.24) is 4.90 Å². The van der Waals surface area contributed by atoms with E-state index in [1.54, 1.807) is 0 Å². The van der Waals surface area contributed by atoms with E-state index < -0.39 is 0 Å². The Labute approximate surface area is 157 Å². The second-order valence-corrected chi connectivity index (χ2v) is 7.55. The van der Waals surface area contributed by atoms with Crippen LogP contribution in [0.5, 0.6) is 0 Å². The van der Waals surface area contributed by atoms with E-state index in [-0.39, 0.29) is 55.4 Å². The van der Waals surface area contributed by atoms with E-state index >= 15 is 0 Å². The SMILES string of the molecule is CN(C)Cc1[c]c(C(C)(C)C)cc(C(C)(C)C)c1.[Cl-].[Cl-].[Ga]. The minimum atomic E-state index is 0. The van der Waals surface area contributed by atoms with Crippen molar-refractivity contribution in [2.24, 2.45) is 0 Å². The van der Waals surface area contributed by atoms with E-state index in [0.29, 0.717) is 0 Å². The van der Waals surface area contributed by atoms with Gasteiger partial charge in [-0.15, -0.1) is 0 Å². The third-order valence-electron chi connectivity index (χ3n) is 3.09. The molecule has 0 aliphatic rings. The molecule has 0 spiro atoms. The number of rotatable bonds is 2. The summed E-state index contributed by atoms with van der Waals surface area (Å²) in [7, 11) is 4.21. The van der Waals surface area contributed by atoms with E-state index in [9.17, 15) is 0 Å². The summed E-state index contributed by atoms with van der Waals surface area (Å²) in [4.78, 5) is 2.20. The molecule has 0 saturated carbocycles. The zero-order valence-electron chi connectivity index (χ0n) is 14.6. The first-order valence-electron chi connectivity index (χ1n) is 6.72. The average Bonchev–Trinajstić information content (AvgIpc) is 2.13. The van der Waals surface area contributed by atoms with E-state index in [4.69, 9.17) is 0 Å². The molecular formula is C17H28Cl2GaN-2. The average molecular weight is 387 g/mol. The maximum Gasteiger partial charge on any atom is 0.0234 e. The summed E-state index contributed by atoms with van der Waals surface area (Å²) in [5, 5.41) is 0. The van der Waals surface area contributed by atoms with E-state index in [2.05, 4.69) is 78.7 Å². The summed E-state index contributed by atoms with van der Waals surface area (Å²) in [5.41, 5.74) is 4.35. The van der Waals surface area contributed by atoms with Crippen molar-refractivity contribution in [3.05, 3.63) is 34.9 Å². The molecule has 0 unspecified atom stereocenters. The molecule has 0 fully saturated rings. The standard InChI is InChI=1S/C17H28N.2ClH.Ga/c1-16(2,3)14-9-13(12-18(7)8)10-15(11-14)17(4,5)6;;;/h9,11H,12H2,1-8H3;2*1H;/p-2. The van der Waals surface area contributed by atoms with Gasteiger partial charge in [0.1, 0.15) is 0 Å². The van der Waals surface area contributed by atoms with Gasteiger partial charge in [0.05, 0.1) is 0 Å². The Balaban J connectivity index is -0.00000108. The Bertz CT molecular complexity index is 386. The molecule has 21 heavy (non-hydrogen) atoms. The summed E-state index contributed by atoms with van der Waals surface area (Å²) in [5.74, 6) is 0. The molecule has 1 rings (SSSR count). The monoisotopic (exact) mass is 385 g/mol. The van der Waals surface area contributed by atoms with Crippen LogP contribution >= 0.6 is 0 Å². The first-order valence-corrected chi connectivity index (χ1v) is 6.72. The van der Waals surface area contributed by atoms with Gasteiger partial charge in [0.25, 0.3) is 0 Å². The van der Waals surface area contributed by atoms with Gasteiger partial charge in [-0.25, -0.2) is 0 Å². The van der Waals surface area contributed by atoms with Crippen LogP contribution in [-0.4, -0.2) is 38.8 Å². The molecule has 120 valence electrons. The molecule has 0 heterocycles.